The van der Waals surface area contributed by atoms with Gasteiger partial charge in [-0.1, -0.05) is 13.3 Å². The van der Waals surface area contributed by atoms with Crippen molar-refractivity contribution in [3.05, 3.63) is 21.4 Å². The molecule has 0 aliphatic heterocycles. The predicted molar refractivity (Wildman–Crippen MR) is 68.1 cm³/mol. The zero-order chi connectivity index (χ0) is 12.3. The van der Waals surface area contributed by atoms with Gasteiger partial charge in [-0.25, -0.2) is 0 Å². The van der Waals surface area contributed by atoms with Crippen LogP contribution in [0.25, 0.3) is 0 Å². The highest BCUT2D eigenvalue weighted by Crippen LogP contribution is 2.30. The third-order valence-electron chi connectivity index (χ3n) is 3.01. The Hall–Kier alpha value is -1.34. The molecule has 3 nitrogen and oxygen atoms in total. The summed E-state index contributed by atoms with van der Waals surface area (Å²) >= 11 is 1.58. The van der Waals surface area contributed by atoms with E-state index in [-0.39, 0.29) is 11.9 Å². The number of fused-ring (bicyclic) bond motifs is 1. The van der Waals surface area contributed by atoms with Gasteiger partial charge >= 0.3 is 0 Å². The Morgan fingerprint density at radius 1 is 1.65 bits per heavy atom. The molecule has 1 aliphatic rings. The zero-order valence-corrected chi connectivity index (χ0v) is 10.8. The Balaban J connectivity index is 2.02. The Kier molecular flexibility index (Phi) is 3.80. The first-order chi connectivity index (χ1) is 8.24. The molecule has 0 spiro atoms. The minimum atomic E-state index is -0.357. The van der Waals surface area contributed by atoms with Crippen molar-refractivity contribution in [1.82, 2.24) is 5.32 Å². The molecule has 1 amide bonds. The number of rotatable bonds is 4. The fourth-order valence-electron chi connectivity index (χ4n) is 2.13. The summed E-state index contributed by atoms with van der Waals surface area (Å²) in [6.45, 7) is 2.01. The number of amides is 1. The van der Waals surface area contributed by atoms with Gasteiger partial charge in [-0.3, -0.25) is 4.79 Å². The summed E-state index contributed by atoms with van der Waals surface area (Å²) in [6, 6.07) is 3.76. The number of hydrogen-bond acceptors (Lipinski definition) is 3. The van der Waals surface area contributed by atoms with E-state index in [1.54, 1.807) is 11.3 Å². The van der Waals surface area contributed by atoms with E-state index in [1.807, 2.05) is 13.0 Å². The Morgan fingerprint density at radius 3 is 3.12 bits per heavy atom. The number of carbonyl (C=O) groups is 1. The van der Waals surface area contributed by atoms with Gasteiger partial charge in [0, 0.05) is 4.88 Å². The number of carbonyl (C=O) groups excluding carboxylic acids is 1. The predicted octanol–water partition coefficient (Wildman–Crippen LogP) is 2.66. The van der Waals surface area contributed by atoms with E-state index in [4.69, 9.17) is 5.26 Å². The molecule has 0 bridgehead atoms. The monoisotopic (exact) mass is 248 g/mol. The lowest BCUT2D eigenvalue weighted by Gasteiger charge is -2.08. The average molecular weight is 248 g/mol. The van der Waals surface area contributed by atoms with Crippen LogP contribution in [0.4, 0.5) is 0 Å². The summed E-state index contributed by atoms with van der Waals surface area (Å²) in [5, 5.41) is 11.7. The quantitative estimate of drug-likeness (QED) is 0.890. The van der Waals surface area contributed by atoms with Crippen LogP contribution in [0.3, 0.4) is 0 Å². The van der Waals surface area contributed by atoms with E-state index in [9.17, 15) is 4.79 Å². The van der Waals surface area contributed by atoms with E-state index < -0.39 is 0 Å². The lowest BCUT2D eigenvalue weighted by molar-refractivity contribution is 0.0948. The molecule has 1 heterocycles. The van der Waals surface area contributed by atoms with Gasteiger partial charge in [-0.05, 0) is 37.3 Å². The van der Waals surface area contributed by atoms with Gasteiger partial charge < -0.3 is 5.32 Å². The Morgan fingerprint density at radius 2 is 2.47 bits per heavy atom. The normalized spacial score (nSPS) is 15.1. The summed E-state index contributed by atoms with van der Waals surface area (Å²) < 4.78 is 0. The number of hydrogen-bond donors (Lipinski definition) is 1. The molecule has 1 aromatic heterocycles. The molecule has 0 aromatic carbocycles. The number of nitrogens with zero attached hydrogens (tertiary/aromatic N) is 1. The van der Waals surface area contributed by atoms with Crippen LogP contribution in [-0.2, 0) is 12.8 Å². The van der Waals surface area contributed by atoms with Crippen LogP contribution < -0.4 is 5.32 Å². The van der Waals surface area contributed by atoms with Gasteiger partial charge in [-0.2, -0.15) is 5.26 Å². The average Bonchev–Trinajstić information content (AvgIpc) is 2.88. The first-order valence-electron chi connectivity index (χ1n) is 6.06. The van der Waals surface area contributed by atoms with Crippen LogP contribution in [0.15, 0.2) is 6.07 Å². The molecule has 1 unspecified atom stereocenters. The van der Waals surface area contributed by atoms with Gasteiger partial charge in [0.1, 0.15) is 6.04 Å². The van der Waals surface area contributed by atoms with Gasteiger partial charge in [0.15, 0.2) is 0 Å². The van der Waals surface area contributed by atoms with E-state index in [0.717, 1.165) is 24.1 Å². The van der Waals surface area contributed by atoms with Gasteiger partial charge in [0.2, 0.25) is 0 Å². The fourth-order valence-corrected chi connectivity index (χ4v) is 3.28. The van der Waals surface area contributed by atoms with E-state index in [2.05, 4.69) is 11.4 Å². The van der Waals surface area contributed by atoms with Gasteiger partial charge in [0.25, 0.3) is 5.91 Å². The highest BCUT2D eigenvalue weighted by atomic mass is 32.1. The first-order valence-corrected chi connectivity index (χ1v) is 6.88. The summed E-state index contributed by atoms with van der Waals surface area (Å²) in [5.41, 5.74) is 1.32. The molecule has 0 radical (unpaired) electrons. The van der Waals surface area contributed by atoms with Gasteiger partial charge in [0.05, 0.1) is 10.9 Å². The SMILES string of the molecule is CCCC(C#N)NC(=O)c1cc2c(s1)CCC2. The number of aryl methyl sites for hydroxylation is 2. The first kappa shape index (κ1) is 12.1. The molecule has 1 atom stereocenters. The maximum atomic E-state index is 11.9. The summed E-state index contributed by atoms with van der Waals surface area (Å²) in [5.74, 6) is -0.0931. The second kappa shape index (κ2) is 5.33. The second-order valence-electron chi connectivity index (χ2n) is 4.36. The minimum Gasteiger partial charge on any atom is -0.336 e. The highest BCUT2D eigenvalue weighted by Gasteiger charge is 2.19. The van der Waals surface area contributed by atoms with Crippen LogP contribution in [0.5, 0.6) is 0 Å². The topological polar surface area (TPSA) is 52.9 Å². The molecule has 4 heteroatoms. The number of nitrogens with one attached hydrogen (secondary N) is 1. The maximum Gasteiger partial charge on any atom is 0.262 e. The molecule has 1 aromatic rings. The van der Waals surface area contributed by atoms with Crippen molar-refractivity contribution in [2.24, 2.45) is 0 Å². The van der Waals surface area contributed by atoms with Crippen molar-refractivity contribution in [1.29, 1.82) is 5.26 Å². The fraction of sp³-hybridized carbons (Fsp3) is 0.538. The van der Waals surface area contributed by atoms with Crippen molar-refractivity contribution >= 4 is 17.2 Å². The molecule has 1 N–H and O–H groups in total. The van der Waals surface area contributed by atoms with Crippen molar-refractivity contribution in [2.75, 3.05) is 0 Å². The van der Waals surface area contributed by atoms with Gasteiger partial charge in [-0.15, -0.1) is 11.3 Å². The number of nitriles is 1. The summed E-state index contributed by atoms with van der Waals surface area (Å²) in [4.78, 5) is 14.0. The molecule has 0 fully saturated rings. The summed E-state index contributed by atoms with van der Waals surface area (Å²) in [7, 11) is 0. The van der Waals surface area contributed by atoms with Crippen LogP contribution >= 0.6 is 11.3 Å². The molecule has 17 heavy (non-hydrogen) atoms. The van der Waals surface area contributed by atoms with Crippen molar-refractivity contribution < 1.29 is 4.79 Å². The maximum absolute atomic E-state index is 11.9. The summed E-state index contributed by atoms with van der Waals surface area (Å²) in [6.07, 6.45) is 5.02. The molecule has 0 saturated carbocycles. The van der Waals surface area contributed by atoms with Crippen molar-refractivity contribution in [3.8, 4) is 6.07 Å². The van der Waals surface area contributed by atoms with Crippen molar-refractivity contribution in [3.63, 3.8) is 0 Å². The lowest BCUT2D eigenvalue weighted by atomic mass is 10.2. The van der Waals surface area contributed by atoms with Crippen LogP contribution in [-0.4, -0.2) is 11.9 Å². The third-order valence-corrected chi connectivity index (χ3v) is 4.24. The highest BCUT2D eigenvalue weighted by molar-refractivity contribution is 7.14. The zero-order valence-electron chi connectivity index (χ0n) is 9.95. The van der Waals surface area contributed by atoms with Crippen molar-refractivity contribution in [2.45, 2.75) is 45.1 Å². The van der Waals surface area contributed by atoms with E-state index >= 15 is 0 Å². The standard InChI is InChI=1S/C13H16N2OS/c1-2-4-10(8-14)15-13(16)12-7-9-5-3-6-11(9)17-12/h7,10H,2-6H2,1H3,(H,15,16). The van der Waals surface area contributed by atoms with Crippen LogP contribution in [0.1, 0.15) is 46.3 Å². The van der Waals surface area contributed by atoms with E-state index in [1.165, 1.54) is 16.9 Å². The Bertz CT molecular complexity index is 437. The van der Waals surface area contributed by atoms with E-state index in [0.29, 0.717) is 6.42 Å². The second-order valence-corrected chi connectivity index (χ2v) is 5.49. The molecule has 0 saturated heterocycles. The molecule has 2 rings (SSSR count). The molecular formula is C13H16N2OS. The minimum absolute atomic E-state index is 0.0931. The molecule has 90 valence electrons. The molecule has 1 aliphatic carbocycles. The Labute approximate surface area is 105 Å². The number of thiophene rings is 1. The smallest absolute Gasteiger partial charge is 0.262 e. The third kappa shape index (κ3) is 2.67. The largest absolute Gasteiger partial charge is 0.336 e. The van der Waals surface area contributed by atoms with Crippen LogP contribution in [0, 0.1) is 11.3 Å². The lowest BCUT2D eigenvalue weighted by Crippen LogP contribution is -2.33. The van der Waals surface area contributed by atoms with Crippen LogP contribution in [0.2, 0.25) is 0 Å². The molecular weight excluding hydrogens is 232 g/mol.